The zero-order chi connectivity index (χ0) is 16.2. The molecular weight excluding hydrogens is 272 g/mol. The Kier molecular flexibility index (Phi) is 5.07. The summed E-state index contributed by atoms with van der Waals surface area (Å²) < 4.78 is 0. The Balaban J connectivity index is 2.72. The van der Waals surface area contributed by atoms with E-state index in [4.69, 9.17) is 5.11 Å². The quantitative estimate of drug-likeness (QED) is 0.743. The number of nitrogens with one attached hydrogen (secondary N) is 2. The van der Waals surface area contributed by atoms with Gasteiger partial charge in [-0.15, -0.1) is 0 Å². The number of hydrogen-bond acceptors (Lipinski definition) is 3. The maximum Gasteiger partial charge on any atom is 0.326 e. The fraction of sp³-hybridized carbons (Fsp3) is 0.400. The number of amides is 2. The molecule has 0 saturated carbocycles. The van der Waals surface area contributed by atoms with Crippen molar-refractivity contribution in [1.29, 1.82) is 0 Å². The fourth-order valence-electron chi connectivity index (χ4n) is 1.74. The van der Waals surface area contributed by atoms with Crippen LogP contribution in [0.2, 0.25) is 0 Å². The van der Waals surface area contributed by atoms with Gasteiger partial charge in [0.25, 0.3) is 0 Å². The molecule has 114 valence electrons. The van der Waals surface area contributed by atoms with Crippen LogP contribution in [0, 0.1) is 5.41 Å². The van der Waals surface area contributed by atoms with Crippen molar-refractivity contribution in [2.75, 3.05) is 5.32 Å². The summed E-state index contributed by atoms with van der Waals surface area (Å²) in [5.41, 5.74) is 0.413. The molecule has 0 bridgehead atoms. The first kappa shape index (κ1) is 16.7. The Labute approximate surface area is 123 Å². The van der Waals surface area contributed by atoms with Crippen molar-refractivity contribution >= 4 is 23.5 Å². The van der Waals surface area contributed by atoms with E-state index >= 15 is 0 Å². The molecule has 6 heteroatoms. The molecule has 1 aromatic rings. The van der Waals surface area contributed by atoms with Gasteiger partial charge in [-0.2, -0.15) is 0 Å². The van der Waals surface area contributed by atoms with Crippen LogP contribution >= 0.6 is 0 Å². The van der Waals surface area contributed by atoms with Crippen molar-refractivity contribution in [1.82, 2.24) is 5.32 Å². The number of urea groups is 1. The summed E-state index contributed by atoms with van der Waals surface area (Å²) >= 11 is 0. The van der Waals surface area contributed by atoms with Gasteiger partial charge in [0.1, 0.15) is 6.04 Å². The number of carboxylic acid groups (broad SMARTS) is 1. The Morgan fingerprint density at radius 2 is 1.62 bits per heavy atom. The second-order valence-electron chi connectivity index (χ2n) is 5.87. The number of Topliss-reactive ketones (excluding diaryl/α,β-unsaturated/α-hetero) is 1. The molecule has 1 aromatic carbocycles. The normalized spacial score (nSPS) is 12.4. The molecule has 0 radical (unpaired) electrons. The highest BCUT2D eigenvalue weighted by molar-refractivity contribution is 5.96. The predicted octanol–water partition coefficient (Wildman–Crippen LogP) is 2.51. The van der Waals surface area contributed by atoms with Gasteiger partial charge in [-0.25, -0.2) is 9.59 Å². The third kappa shape index (κ3) is 4.91. The van der Waals surface area contributed by atoms with Crippen LogP contribution in [0.15, 0.2) is 24.3 Å². The van der Waals surface area contributed by atoms with E-state index in [1.54, 1.807) is 45.0 Å². The molecule has 1 atom stereocenters. The Bertz CT molecular complexity index is 544. The minimum absolute atomic E-state index is 0.0651. The second-order valence-corrected chi connectivity index (χ2v) is 5.87. The van der Waals surface area contributed by atoms with E-state index in [0.29, 0.717) is 11.3 Å². The van der Waals surface area contributed by atoms with Crippen molar-refractivity contribution in [3.05, 3.63) is 29.8 Å². The third-order valence-corrected chi connectivity index (χ3v) is 2.94. The summed E-state index contributed by atoms with van der Waals surface area (Å²) in [5.74, 6) is -1.16. The molecule has 0 aliphatic rings. The van der Waals surface area contributed by atoms with Gasteiger partial charge in [-0.05, 0) is 36.6 Å². The molecule has 2 amide bonds. The standard InChI is InChI=1S/C15H20N2O4/c1-9(18)10-5-7-11(8-6-10)16-14(21)17-12(13(19)20)15(2,3)4/h5-8,12H,1-4H3,(H,19,20)(H2,16,17,21). The van der Waals surface area contributed by atoms with Gasteiger partial charge in [0, 0.05) is 11.3 Å². The average Bonchev–Trinajstić information content (AvgIpc) is 2.35. The van der Waals surface area contributed by atoms with Crippen LogP contribution < -0.4 is 10.6 Å². The lowest BCUT2D eigenvalue weighted by Crippen LogP contribution is -2.50. The van der Waals surface area contributed by atoms with Gasteiger partial charge in [0.2, 0.25) is 0 Å². The van der Waals surface area contributed by atoms with Crippen molar-refractivity contribution < 1.29 is 19.5 Å². The van der Waals surface area contributed by atoms with Crippen molar-refractivity contribution in [2.45, 2.75) is 33.7 Å². The number of anilines is 1. The van der Waals surface area contributed by atoms with E-state index in [0.717, 1.165) is 0 Å². The molecular formula is C15H20N2O4. The minimum Gasteiger partial charge on any atom is -0.480 e. The zero-order valence-electron chi connectivity index (χ0n) is 12.6. The molecule has 0 fully saturated rings. The monoisotopic (exact) mass is 292 g/mol. The Morgan fingerprint density at radius 1 is 1.10 bits per heavy atom. The lowest BCUT2D eigenvalue weighted by molar-refractivity contribution is -0.141. The van der Waals surface area contributed by atoms with E-state index in [1.807, 2.05) is 0 Å². The molecule has 1 rings (SSSR count). The lowest BCUT2D eigenvalue weighted by Gasteiger charge is -2.27. The van der Waals surface area contributed by atoms with Gasteiger partial charge in [-0.3, -0.25) is 4.79 Å². The summed E-state index contributed by atoms with van der Waals surface area (Å²) in [6, 6.07) is 4.75. The highest BCUT2D eigenvalue weighted by atomic mass is 16.4. The van der Waals surface area contributed by atoms with Gasteiger partial charge in [-0.1, -0.05) is 20.8 Å². The highest BCUT2D eigenvalue weighted by Crippen LogP contribution is 2.19. The van der Waals surface area contributed by atoms with Crippen molar-refractivity contribution in [3.63, 3.8) is 0 Å². The first-order chi connectivity index (χ1) is 9.61. The second kappa shape index (κ2) is 6.39. The highest BCUT2D eigenvalue weighted by Gasteiger charge is 2.32. The van der Waals surface area contributed by atoms with Crippen molar-refractivity contribution in [2.24, 2.45) is 5.41 Å². The lowest BCUT2D eigenvalue weighted by atomic mass is 9.87. The summed E-state index contributed by atoms with van der Waals surface area (Å²) in [6.45, 7) is 6.64. The zero-order valence-corrected chi connectivity index (χ0v) is 12.6. The van der Waals surface area contributed by atoms with Crippen LogP contribution in [-0.2, 0) is 4.79 Å². The van der Waals surface area contributed by atoms with Gasteiger partial charge >= 0.3 is 12.0 Å². The maximum atomic E-state index is 11.8. The van der Waals surface area contributed by atoms with Crippen LogP contribution in [-0.4, -0.2) is 28.9 Å². The van der Waals surface area contributed by atoms with Crippen LogP contribution in [0.1, 0.15) is 38.1 Å². The smallest absolute Gasteiger partial charge is 0.326 e. The van der Waals surface area contributed by atoms with Gasteiger partial charge in [0.15, 0.2) is 5.78 Å². The van der Waals surface area contributed by atoms with E-state index in [9.17, 15) is 14.4 Å². The number of aliphatic carboxylic acids is 1. The number of rotatable bonds is 4. The Morgan fingerprint density at radius 3 is 2.00 bits per heavy atom. The summed E-state index contributed by atoms with van der Waals surface area (Å²) in [4.78, 5) is 34.2. The summed E-state index contributed by atoms with van der Waals surface area (Å²) in [5, 5.41) is 14.1. The van der Waals surface area contributed by atoms with Crippen LogP contribution in [0.25, 0.3) is 0 Å². The first-order valence-electron chi connectivity index (χ1n) is 6.52. The van der Waals surface area contributed by atoms with Gasteiger partial charge in [0.05, 0.1) is 0 Å². The van der Waals surface area contributed by atoms with Crippen molar-refractivity contribution in [3.8, 4) is 0 Å². The van der Waals surface area contributed by atoms with Crippen LogP contribution in [0.3, 0.4) is 0 Å². The molecule has 1 unspecified atom stereocenters. The number of ketones is 1. The number of carbonyl (C=O) groups excluding carboxylic acids is 2. The molecule has 3 N–H and O–H groups in total. The number of carboxylic acids is 1. The van der Waals surface area contributed by atoms with Crippen LogP contribution in [0.4, 0.5) is 10.5 Å². The maximum absolute atomic E-state index is 11.8. The molecule has 0 aliphatic heterocycles. The van der Waals surface area contributed by atoms with E-state index in [2.05, 4.69) is 10.6 Å². The third-order valence-electron chi connectivity index (χ3n) is 2.94. The van der Waals surface area contributed by atoms with E-state index in [1.165, 1.54) is 6.92 Å². The molecule has 0 aliphatic carbocycles. The number of hydrogen-bond donors (Lipinski definition) is 3. The summed E-state index contributed by atoms with van der Waals surface area (Å²) in [7, 11) is 0. The molecule has 0 heterocycles. The molecule has 6 nitrogen and oxygen atoms in total. The molecule has 0 saturated heterocycles. The minimum atomic E-state index is -1.09. The number of carbonyl (C=O) groups is 3. The van der Waals surface area contributed by atoms with E-state index < -0.39 is 23.5 Å². The van der Waals surface area contributed by atoms with Gasteiger partial charge < -0.3 is 15.7 Å². The molecule has 0 spiro atoms. The predicted molar refractivity (Wildman–Crippen MR) is 79.5 cm³/mol. The van der Waals surface area contributed by atoms with Crippen LogP contribution in [0.5, 0.6) is 0 Å². The average molecular weight is 292 g/mol. The largest absolute Gasteiger partial charge is 0.480 e. The SMILES string of the molecule is CC(=O)c1ccc(NC(=O)NC(C(=O)O)C(C)(C)C)cc1. The number of benzene rings is 1. The molecule has 0 aromatic heterocycles. The topological polar surface area (TPSA) is 95.5 Å². The summed E-state index contributed by atoms with van der Waals surface area (Å²) in [6.07, 6.45) is 0. The Hall–Kier alpha value is -2.37. The molecule has 21 heavy (non-hydrogen) atoms. The fourth-order valence-corrected chi connectivity index (χ4v) is 1.74. The first-order valence-corrected chi connectivity index (χ1v) is 6.52. The van der Waals surface area contributed by atoms with E-state index in [-0.39, 0.29) is 5.78 Å².